The van der Waals surface area contributed by atoms with Crippen molar-refractivity contribution in [1.29, 1.82) is 0 Å². The molecule has 136 valence electrons. The second kappa shape index (κ2) is 6.62. The quantitative estimate of drug-likeness (QED) is 0.708. The highest BCUT2D eigenvalue weighted by Gasteiger charge is 2.24. The highest BCUT2D eigenvalue weighted by Crippen LogP contribution is 2.32. The zero-order valence-electron chi connectivity index (χ0n) is 15.7. The fourth-order valence-electron chi connectivity index (χ4n) is 4.22. The predicted octanol–water partition coefficient (Wildman–Crippen LogP) is 4.04. The van der Waals surface area contributed by atoms with Gasteiger partial charge in [-0.05, 0) is 24.6 Å². The number of hydrogen-bond acceptors (Lipinski definition) is 3. The van der Waals surface area contributed by atoms with Crippen molar-refractivity contribution in [3.8, 4) is 11.1 Å². The first-order valence-electron chi connectivity index (χ1n) is 9.66. The average Bonchev–Trinajstić information content (AvgIpc) is 3.31. The van der Waals surface area contributed by atoms with Gasteiger partial charge in [-0.2, -0.15) is 0 Å². The highest BCUT2D eigenvalue weighted by molar-refractivity contribution is 5.78. The SMILES string of the molecule is Cc1ncc2n1CC(N1CCN(c3ccccc3-c3ccccc3)CC1)=C2. The average molecular weight is 356 g/mol. The van der Waals surface area contributed by atoms with Crippen molar-refractivity contribution in [3.63, 3.8) is 0 Å². The summed E-state index contributed by atoms with van der Waals surface area (Å²) < 4.78 is 2.30. The number of aromatic nitrogens is 2. The second-order valence-corrected chi connectivity index (χ2v) is 7.31. The Kier molecular flexibility index (Phi) is 3.97. The first-order valence-corrected chi connectivity index (χ1v) is 9.66. The van der Waals surface area contributed by atoms with E-state index in [1.54, 1.807) is 0 Å². The fourth-order valence-corrected chi connectivity index (χ4v) is 4.22. The van der Waals surface area contributed by atoms with E-state index in [0.29, 0.717) is 0 Å². The molecule has 1 saturated heterocycles. The fraction of sp³-hybridized carbons (Fsp3) is 0.261. The second-order valence-electron chi connectivity index (χ2n) is 7.31. The van der Waals surface area contributed by atoms with Gasteiger partial charge in [0.2, 0.25) is 0 Å². The molecule has 3 aromatic rings. The van der Waals surface area contributed by atoms with E-state index >= 15 is 0 Å². The predicted molar refractivity (Wildman–Crippen MR) is 111 cm³/mol. The Labute approximate surface area is 160 Å². The van der Waals surface area contributed by atoms with Crippen LogP contribution >= 0.6 is 0 Å². The first-order chi connectivity index (χ1) is 13.3. The smallest absolute Gasteiger partial charge is 0.106 e. The Morgan fingerprint density at radius 2 is 1.52 bits per heavy atom. The maximum atomic E-state index is 4.40. The molecule has 2 aliphatic heterocycles. The molecule has 0 atom stereocenters. The van der Waals surface area contributed by atoms with Crippen molar-refractivity contribution in [1.82, 2.24) is 14.5 Å². The number of allylic oxidation sites excluding steroid dienone is 1. The van der Waals surface area contributed by atoms with Crippen LogP contribution in [0.25, 0.3) is 17.2 Å². The van der Waals surface area contributed by atoms with Crippen molar-refractivity contribution in [3.05, 3.63) is 78.0 Å². The molecule has 0 N–H and O–H groups in total. The van der Waals surface area contributed by atoms with Crippen molar-refractivity contribution >= 4 is 11.8 Å². The van der Waals surface area contributed by atoms with Crippen LogP contribution in [0.1, 0.15) is 11.5 Å². The van der Waals surface area contributed by atoms with E-state index in [9.17, 15) is 0 Å². The number of hydrogen-bond donors (Lipinski definition) is 0. The van der Waals surface area contributed by atoms with Gasteiger partial charge in [0.25, 0.3) is 0 Å². The van der Waals surface area contributed by atoms with Gasteiger partial charge in [0.05, 0.1) is 18.4 Å². The minimum atomic E-state index is 0.960. The molecule has 0 unspecified atom stereocenters. The largest absolute Gasteiger partial charge is 0.370 e. The molecule has 4 heteroatoms. The standard InChI is InChI=1S/C23H24N4/c1-18-24-16-20-15-21(17-27(18)20)25-11-13-26(14-12-25)23-10-6-5-9-22(23)19-7-3-2-4-8-19/h2-10,15-16H,11-14,17H2,1H3. The lowest BCUT2D eigenvalue weighted by Gasteiger charge is -2.38. The zero-order valence-corrected chi connectivity index (χ0v) is 15.7. The number of benzene rings is 2. The monoisotopic (exact) mass is 356 g/mol. The molecule has 5 rings (SSSR count). The highest BCUT2D eigenvalue weighted by atomic mass is 15.3. The molecule has 0 bridgehead atoms. The summed E-state index contributed by atoms with van der Waals surface area (Å²) in [5.41, 5.74) is 6.61. The summed E-state index contributed by atoms with van der Waals surface area (Å²) in [6.07, 6.45) is 4.28. The van der Waals surface area contributed by atoms with Crippen molar-refractivity contribution < 1.29 is 0 Å². The lowest BCUT2D eigenvalue weighted by molar-refractivity contribution is 0.311. The Hall–Kier alpha value is -3.01. The van der Waals surface area contributed by atoms with Gasteiger partial charge < -0.3 is 14.4 Å². The van der Waals surface area contributed by atoms with Crippen molar-refractivity contribution in [2.45, 2.75) is 13.5 Å². The van der Waals surface area contributed by atoms with Gasteiger partial charge in [-0.15, -0.1) is 0 Å². The molecule has 1 fully saturated rings. The van der Waals surface area contributed by atoms with E-state index in [2.05, 4.69) is 86.9 Å². The lowest BCUT2D eigenvalue weighted by atomic mass is 10.0. The Morgan fingerprint density at radius 1 is 0.815 bits per heavy atom. The number of fused-ring (bicyclic) bond motifs is 1. The minimum absolute atomic E-state index is 0.960. The molecular weight excluding hydrogens is 332 g/mol. The van der Waals surface area contributed by atoms with Crippen LogP contribution in [0.5, 0.6) is 0 Å². The molecular formula is C23H24N4. The summed E-state index contributed by atoms with van der Waals surface area (Å²) >= 11 is 0. The van der Waals surface area contributed by atoms with Crippen LogP contribution in [0, 0.1) is 6.92 Å². The molecule has 0 saturated carbocycles. The summed E-state index contributed by atoms with van der Waals surface area (Å²) in [5, 5.41) is 0. The molecule has 0 spiro atoms. The summed E-state index contributed by atoms with van der Waals surface area (Å²) in [5.74, 6) is 1.10. The van der Waals surface area contributed by atoms with Gasteiger partial charge in [-0.25, -0.2) is 4.98 Å². The topological polar surface area (TPSA) is 24.3 Å². The maximum absolute atomic E-state index is 4.40. The number of imidazole rings is 1. The number of aryl methyl sites for hydroxylation is 1. The molecule has 0 radical (unpaired) electrons. The number of nitrogens with zero attached hydrogens (tertiary/aromatic N) is 4. The van der Waals surface area contributed by atoms with Gasteiger partial charge in [-0.1, -0.05) is 48.5 Å². The number of piperazine rings is 1. The third-order valence-electron chi connectivity index (χ3n) is 5.74. The minimum Gasteiger partial charge on any atom is -0.370 e. The van der Waals surface area contributed by atoms with Gasteiger partial charge in [0.15, 0.2) is 0 Å². The molecule has 1 aromatic heterocycles. The van der Waals surface area contributed by atoms with Crippen LogP contribution in [0.2, 0.25) is 0 Å². The number of para-hydroxylation sites is 1. The molecule has 27 heavy (non-hydrogen) atoms. The first kappa shape index (κ1) is 16.2. The third kappa shape index (κ3) is 2.91. The van der Waals surface area contributed by atoms with Gasteiger partial charge in [-0.3, -0.25) is 0 Å². The van der Waals surface area contributed by atoms with Crippen LogP contribution in [-0.2, 0) is 6.54 Å². The van der Waals surface area contributed by atoms with Crippen LogP contribution < -0.4 is 4.90 Å². The Morgan fingerprint density at radius 3 is 2.30 bits per heavy atom. The zero-order chi connectivity index (χ0) is 18.2. The van der Waals surface area contributed by atoms with Crippen LogP contribution in [0.3, 0.4) is 0 Å². The Balaban J connectivity index is 1.32. The summed E-state index contributed by atoms with van der Waals surface area (Å²) in [4.78, 5) is 9.46. The number of rotatable bonds is 3. The van der Waals surface area contributed by atoms with Gasteiger partial charge in [0.1, 0.15) is 5.82 Å². The summed E-state index contributed by atoms with van der Waals surface area (Å²) in [6, 6.07) is 19.5. The Bertz CT molecular complexity index is 979. The summed E-state index contributed by atoms with van der Waals surface area (Å²) in [7, 11) is 0. The van der Waals surface area contributed by atoms with E-state index in [0.717, 1.165) is 38.5 Å². The third-order valence-corrected chi connectivity index (χ3v) is 5.74. The van der Waals surface area contributed by atoms with Crippen molar-refractivity contribution in [2.75, 3.05) is 31.1 Å². The van der Waals surface area contributed by atoms with E-state index < -0.39 is 0 Å². The van der Waals surface area contributed by atoms with E-state index in [4.69, 9.17) is 0 Å². The molecule has 3 heterocycles. The van der Waals surface area contributed by atoms with Gasteiger partial charge >= 0.3 is 0 Å². The van der Waals surface area contributed by atoms with E-state index in [1.165, 1.54) is 28.2 Å². The van der Waals surface area contributed by atoms with Gasteiger partial charge in [0, 0.05) is 43.1 Å². The normalized spacial score (nSPS) is 16.4. The lowest BCUT2D eigenvalue weighted by Crippen LogP contribution is -2.46. The van der Waals surface area contributed by atoms with E-state index in [-0.39, 0.29) is 0 Å². The van der Waals surface area contributed by atoms with Crippen molar-refractivity contribution in [2.24, 2.45) is 0 Å². The van der Waals surface area contributed by atoms with E-state index in [1.807, 2.05) is 6.20 Å². The molecule has 0 aliphatic carbocycles. The summed E-state index contributed by atoms with van der Waals surface area (Å²) in [6.45, 7) is 7.26. The van der Waals surface area contributed by atoms with Crippen LogP contribution in [-0.4, -0.2) is 40.6 Å². The van der Waals surface area contributed by atoms with Crippen LogP contribution in [0.15, 0.2) is 66.5 Å². The number of anilines is 1. The molecule has 4 nitrogen and oxygen atoms in total. The molecule has 2 aromatic carbocycles. The molecule has 2 aliphatic rings. The molecule has 0 amide bonds. The maximum Gasteiger partial charge on any atom is 0.106 e. The van der Waals surface area contributed by atoms with Crippen LogP contribution in [0.4, 0.5) is 5.69 Å².